The molecule has 5 rings (SSSR count). The van der Waals surface area contributed by atoms with Crippen LogP contribution in [0.2, 0.25) is 0 Å². The molecule has 1 atom stereocenters. The van der Waals surface area contributed by atoms with Crippen LogP contribution in [0.3, 0.4) is 0 Å². The highest BCUT2D eigenvalue weighted by molar-refractivity contribution is 7.92. The predicted molar refractivity (Wildman–Crippen MR) is 178 cm³/mol. The number of hydrogen-bond donors (Lipinski definition) is 1. The van der Waals surface area contributed by atoms with Gasteiger partial charge in [0.05, 0.1) is 16.1 Å². The lowest BCUT2D eigenvalue weighted by Gasteiger charge is -2.34. The Labute approximate surface area is 279 Å². The maximum atomic E-state index is 14.5. The van der Waals surface area contributed by atoms with Gasteiger partial charge in [0.1, 0.15) is 12.6 Å². The number of halogens is 3. The number of rotatable bonds is 12. The molecule has 1 saturated carbocycles. The maximum Gasteiger partial charge on any atom is 0.416 e. The van der Waals surface area contributed by atoms with Crippen LogP contribution in [0.25, 0.3) is 0 Å². The summed E-state index contributed by atoms with van der Waals surface area (Å²) in [6.07, 6.45) is -1.03. The average molecular weight is 678 g/mol. The van der Waals surface area contributed by atoms with Crippen molar-refractivity contribution in [3.63, 3.8) is 0 Å². The molecule has 0 unspecified atom stereocenters. The summed E-state index contributed by atoms with van der Waals surface area (Å²) in [5.41, 5.74) is 0.882. The first-order chi connectivity index (χ1) is 22.9. The molecule has 0 aliphatic heterocycles. The number of amides is 2. The van der Waals surface area contributed by atoms with Crippen LogP contribution < -0.4 is 9.62 Å². The molecular formula is C37H38F3N3O4S. The standard InChI is InChI=1S/C37H38F3N3O4S/c1-27-19-21-33(22-20-27)48(46,47)43(32-18-10-15-30(24-32)37(38,39)40)26-35(44)42(25-29-13-6-3-7-14-29)34(23-28-11-4-2-5-12-28)36(45)41-31-16-8-9-17-31/h2-7,10-15,18-22,24,31,34H,8-9,16-17,23,25-26H2,1H3,(H,41,45)/t34-/m1/s1. The van der Waals surface area contributed by atoms with Crippen molar-refractivity contribution < 1.29 is 31.2 Å². The number of carbonyl (C=O) groups excluding carboxylic acids is 2. The Balaban J connectivity index is 1.58. The van der Waals surface area contributed by atoms with Gasteiger partial charge in [-0.25, -0.2) is 8.42 Å². The van der Waals surface area contributed by atoms with Crippen LogP contribution >= 0.6 is 0 Å². The van der Waals surface area contributed by atoms with Gasteiger partial charge in [-0.05, 0) is 61.2 Å². The molecule has 4 aromatic rings. The highest BCUT2D eigenvalue weighted by Gasteiger charge is 2.37. The lowest BCUT2D eigenvalue weighted by atomic mass is 10.0. The number of nitrogens with one attached hydrogen (secondary N) is 1. The number of aryl methyl sites for hydroxylation is 1. The van der Waals surface area contributed by atoms with Crippen molar-refractivity contribution in [2.75, 3.05) is 10.8 Å². The minimum Gasteiger partial charge on any atom is -0.352 e. The van der Waals surface area contributed by atoms with E-state index in [1.165, 1.54) is 23.1 Å². The van der Waals surface area contributed by atoms with Gasteiger partial charge in [-0.3, -0.25) is 13.9 Å². The second-order valence-electron chi connectivity index (χ2n) is 12.1. The molecule has 0 bridgehead atoms. The van der Waals surface area contributed by atoms with Crippen molar-refractivity contribution in [2.45, 2.75) is 68.7 Å². The molecule has 1 fully saturated rings. The third-order valence-electron chi connectivity index (χ3n) is 8.52. The number of hydrogen-bond acceptors (Lipinski definition) is 4. The molecule has 7 nitrogen and oxygen atoms in total. The van der Waals surface area contributed by atoms with E-state index >= 15 is 0 Å². The summed E-state index contributed by atoms with van der Waals surface area (Å²) in [4.78, 5) is 29.7. The van der Waals surface area contributed by atoms with Crippen LogP contribution in [0.1, 0.15) is 47.9 Å². The first-order valence-corrected chi connectivity index (χ1v) is 17.3. The Kier molecular flexibility index (Phi) is 10.9. The van der Waals surface area contributed by atoms with Crippen LogP contribution in [0, 0.1) is 6.92 Å². The molecular weight excluding hydrogens is 639 g/mol. The number of carbonyl (C=O) groups is 2. The third-order valence-corrected chi connectivity index (χ3v) is 10.3. The van der Waals surface area contributed by atoms with Crippen molar-refractivity contribution in [3.05, 3.63) is 131 Å². The Hall–Kier alpha value is -4.64. The second-order valence-corrected chi connectivity index (χ2v) is 13.9. The molecule has 2 amide bonds. The van der Waals surface area contributed by atoms with Gasteiger partial charge in [-0.15, -0.1) is 0 Å². The van der Waals surface area contributed by atoms with Crippen molar-refractivity contribution in [1.29, 1.82) is 0 Å². The summed E-state index contributed by atoms with van der Waals surface area (Å²) in [6.45, 7) is 0.901. The monoisotopic (exact) mass is 677 g/mol. The molecule has 4 aromatic carbocycles. The van der Waals surface area contributed by atoms with Crippen LogP contribution in [-0.2, 0) is 38.8 Å². The Morgan fingerprint density at radius 1 is 0.833 bits per heavy atom. The molecule has 0 radical (unpaired) electrons. The zero-order chi connectivity index (χ0) is 34.3. The maximum absolute atomic E-state index is 14.5. The predicted octanol–water partition coefficient (Wildman–Crippen LogP) is 6.91. The van der Waals surface area contributed by atoms with Crippen LogP contribution in [0.5, 0.6) is 0 Å². The highest BCUT2D eigenvalue weighted by atomic mass is 32.2. The first-order valence-electron chi connectivity index (χ1n) is 15.9. The normalized spacial score (nSPS) is 14.3. The van der Waals surface area contributed by atoms with E-state index < -0.39 is 40.3 Å². The van der Waals surface area contributed by atoms with Crippen LogP contribution in [0.4, 0.5) is 18.9 Å². The number of benzene rings is 4. The topological polar surface area (TPSA) is 86.8 Å². The van der Waals surface area contributed by atoms with Gasteiger partial charge in [0.2, 0.25) is 11.8 Å². The zero-order valence-corrected chi connectivity index (χ0v) is 27.4. The smallest absolute Gasteiger partial charge is 0.352 e. The van der Waals surface area contributed by atoms with Gasteiger partial charge in [-0.1, -0.05) is 97.3 Å². The van der Waals surface area contributed by atoms with Gasteiger partial charge in [0.15, 0.2) is 0 Å². The molecule has 252 valence electrons. The Morgan fingerprint density at radius 3 is 2.04 bits per heavy atom. The number of alkyl halides is 3. The molecule has 0 aromatic heterocycles. The van der Waals surface area contributed by atoms with E-state index in [-0.39, 0.29) is 35.5 Å². The molecule has 0 heterocycles. The van der Waals surface area contributed by atoms with E-state index in [2.05, 4.69) is 5.32 Å². The lowest BCUT2D eigenvalue weighted by molar-refractivity contribution is -0.140. The number of sulfonamides is 1. The SMILES string of the molecule is Cc1ccc(S(=O)(=O)N(CC(=O)N(Cc2ccccc2)[C@H](Cc2ccccc2)C(=O)NC2CCCC2)c2cccc(C(F)(F)F)c2)cc1. The van der Waals surface area contributed by atoms with E-state index in [0.717, 1.165) is 55.0 Å². The highest BCUT2D eigenvalue weighted by Crippen LogP contribution is 2.33. The molecule has 0 saturated heterocycles. The fourth-order valence-electron chi connectivity index (χ4n) is 5.91. The third kappa shape index (κ3) is 8.63. The molecule has 1 N–H and O–H groups in total. The summed E-state index contributed by atoms with van der Waals surface area (Å²) in [6, 6.07) is 26.8. The van der Waals surface area contributed by atoms with Crippen molar-refractivity contribution in [2.24, 2.45) is 0 Å². The van der Waals surface area contributed by atoms with Crippen molar-refractivity contribution in [1.82, 2.24) is 10.2 Å². The van der Waals surface area contributed by atoms with Crippen LogP contribution in [-0.4, -0.2) is 43.8 Å². The van der Waals surface area contributed by atoms with E-state index in [1.807, 2.05) is 36.4 Å². The lowest BCUT2D eigenvalue weighted by Crippen LogP contribution is -2.54. The van der Waals surface area contributed by atoms with E-state index in [9.17, 15) is 31.2 Å². The summed E-state index contributed by atoms with van der Waals surface area (Å²) < 4.78 is 70.4. The second kappa shape index (κ2) is 15.1. The molecule has 1 aliphatic rings. The minimum atomic E-state index is -4.75. The fraction of sp³-hybridized carbons (Fsp3) is 0.297. The van der Waals surface area contributed by atoms with Crippen LogP contribution in [0.15, 0.2) is 114 Å². The quantitative estimate of drug-likeness (QED) is 0.177. The summed E-state index contributed by atoms with van der Waals surface area (Å²) in [5, 5.41) is 3.10. The molecule has 11 heteroatoms. The van der Waals surface area contributed by atoms with Gasteiger partial charge < -0.3 is 10.2 Å². The largest absolute Gasteiger partial charge is 0.416 e. The summed E-state index contributed by atoms with van der Waals surface area (Å²) in [5.74, 6) is -1.11. The van der Waals surface area contributed by atoms with Gasteiger partial charge in [0.25, 0.3) is 10.0 Å². The van der Waals surface area contributed by atoms with E-state index in [4.69, 9.17) is 0 Å². The summed E-state index contributed by atoms with van der Waals surface area (Å²) in [7, 11) is -4.54. The van der Waals surface area contributed by atoms with Gasteiger partial charge >= 0.3 is 6.18 Å². The summed E-state index contributed by atoms with van der Waals surface area (Å²) >= 11 is 0. The van der Waals surface area contributed by atoms with Crippen molar-refractivity contribution >= 4 is 27.5 Å². The number of nitrogens with zero attached hydrogens (tertiary/aromatic N) is 2. The fourth-order valence-corrected chi connectivity index (χ4v) is 7.31. The Bertz CT molecular complexity index is 1800. The minimum absolute atomic E-state index is 0.0315. The molecule has 48 heavy (non-hydrogen) atoms. The zero-order valence-electron chi connectivity index (χ0n) is 26.6. The average Bonchev–Trinajstić information content (AvgIpc) is 3.59. The van der Waals surface area contributed by atoms with E-state index in [0.29, 0.717) is 9.87 Å². The van der Waals surface area contributed by atoms with E-state index in [1.54, 1.807) is 43.3 Å². The van der Waals surface area contributed by atoms with Gasteiger partial charge in [-0.2, -0.15) is 13.2 Å². The molecule has 0 spiro atoms. The molecule has 1 aliphatic carbocycles. The number of anilines is 1. The Morgan fingerprint density at radius 2 is 1.44 bits per heavy atom. The first kappa shape index (κ1) is 34.7. The van der Waals surface area contributed by atoms with Gasteiger partial charge in [0, 0.05) is 19.0 Å². The van der Waals surface area contributed by atoms with Crippen molar-refractivity contribution in [3.8, 4) is 0 Å².